The molecule has 33 heavy (non-hydrogen) atoms. The second-order valence-corrected chi connectivity index (χ2v) is 9.21. The van der Waals surface area contributed by atoms with Crippen LogP contribution in [0.1, 0.15) is 41.3 Å². The summed E-state index contributed by atoms with van der Waals surface area (Å²) in [6.45, 7) is 2.53. The number of hydrogen-bond donors (Lipinski definition) is 1. The maximum atomic E-state index is 12.8. The molecule has 0 saturated carbocycles. The smallest absolute Gasteiger partial charge is 0.230 e. The zero-order chi connectivity index (χ0) is 22.6. The molecule has 6 nitrogen and oxygen atoms in total. The van der Waals surface area contributed by atoms with Crippen LogP contribution in [0.2, 0.25) is 0 Å². The molecule has 1 atom stereocenters. The lowest BCUT2D eigenvalue weighted by molar-refractivity contribution is -0.119. The van der Waals surface area contributed by atoms with Crippen LogP contribution in [0.5, 0.6) is 0 Å². The van der Waals surface area contributed by atoms with Crippen LogP contribution in [0.4, 0.5) is 0 Å². The highest BCUT2D eigenvalue weighted by atomic mass is 32.2. The Morgan fingerprint density at radius 2 is 1.94 bits per heavy atom. The van der Waals surface area contributed by atoms with E-state index in [0.717, 1.165) is 42.0 Å². The van der Waals surface area contributed by atoms with Crippen LogP contribution in [-0.2, 0) is 17.8 Å². The Kier molecular flexibility index (Phi) is 6.30. The van der Waals surface area contributed by atoms with Crippen LogP contribution in [0.3, 0.4) is 0 Å². The molecule has 0 saturated heterocycles. The second kappa shape index (κ2) is 9.67. The number of hydrogen-bond acceptors (Lipinski definition) is 5. The van der Waals surface area contributed by atoms with Gasteiger partial charge in [-0.15, -0.1) is 10.2 Å². The van der Waals surface area contributed by atoms with Crippen LogP contribution in [-0.4, -0.2) is 26.4 Å². The van der Waals surface area contributed by atoms with Gasteiger partial charge in [0.25, 0.3) is 0 Å². The molecule has 1 aliphatic carbocycles. The number of carbonyl (C=O) groups excluding carboxylic acids is 1. The summed E-state index contributed by atoms with van der Waals surface area (Å²) in [6.07, 6.45) is 4.81. The predicted octanol–water partition coefficient (Wildman–Crippen LogP) is 5.18. The van der Waals surface area contributed by atoms with Crippen molar-refractivity contribution in [2.45, 2.75) is 43.9 Å². The second-order valence-electron chi connectivity index (χ2n) is 8.27. The van der Waals surface area contributed by atoms with Crippen molar-refractivity contribution >= 4 is 17.7 Å². The summed E-state index contributed by atoms with van der Waals surface area (Å²) in [7, 11) is 0. The van der Waals surface area contributed by atoms with Crippen LogP contribution in [0, 0.1) is 6.92 Å². The first kappa shape index (κ1) is 21.5. The van der Waals surface area contributed by atoms with Crippen LogP contribution < -0.4 is 5.32 Å². The fourth-order valence-electron chi connectivity index (χ4n) is 4.39. The number of aromatic nitrogens is 3. The van der Waals surface area contributed by atoms with E-state index in [9.17, 15) is 4.79 Å². The maximum Gasteiger partial charge on any atom is 0.230 e. The average Bonchev–Trinajstić information content (AvgIpc) is 3.44. The van der Waals surface area contributed by atoms with Crippen molar-refractivity contribution in [3.05, 3.63) is 89.4 Å². The molecule has 0 bridgehead atoms. The van der Waals surface area contributed by atoms with Crippen LogP contribution in [0.15, 0.2) is 76.5 Å². The van der Waals surface area contributed by atoms with E-state index in [-0.39, 0.29) is 17.7 Å². The molecule has 5 rings (SSSR count). The number of aryl methyl sites for hydroxylation is 2. The summed E-state index contributed by atoms with van der Waals surface area (Å²) in [6, 6.07) is 20.6. The van der Waals surface area contributed by atoms with Gasteiger partial charge in [-0.05, 0) is 48.9 Å². The van der Waals surface area contributed by atoms with Crippen molar-refractivity contribution in [3.8, 4) is 11.4 Å². The molecule has 0 aliphatic heterocycles. The number of furan rings is 1. The van der Waals surface area contributed by atoms with Crippen molar-refractivity contribution in [3.63, 3.8) is 0 Å². The minimum absolute atomic E-state index is 0.0111. The Balaban J connectivity index is 1.33. The van der Waals surface area contributed by atoms with Crippen molar-refractivity contribution in [1.29, 1.82) is 0 Å². The molecule has 2 aromatic heterocycles. The standard InChI is InChI=1S/C26H26N4O2S/c1-18-21(14-15-32-18)25-28-29-26(30(25)16-19-8-3-2-4-9-19)33-17-24(31)27-23-13-7-11-20-10-5-6-12-22(20)23/h2-6,8-10,12,14-15,23H,7,11,13,16-17H2,1H3,(H,27,31). The molecule has 0 fully saturated rings. The monoisotopic (exact) mass is 458 g/mol. The summed E-state index contributed by atoms with van der Waals surface area (Å²) in [5.74, 6) is 1.84. The number of fused-ring (bicyclic) bond motifs is 1. The van der Waals surface area contributed by atoms with Gasteiger partial charge in [0.2, 0.25) is 5.91 Å². The summed E-state index contributed by atoms with van der Waals surface area (Å²) >= 11 is 1.41. The lowest BCUT2D eigenvalue weighted by Gasteiger charge is -2.26. The van der Waals surface area contributed by atoms with Gasteiger partial charge in [-0.2, -0.15) is 0 Å². The summed E-state index contributed by atoms with van der Waals surface area (Å²) in [5.41, 5.74) is 4.63. The highest BCUT2D eigenvalue weighted by Crippen LogP contribution is 2.30. The molecule has 0 spiro atoms. The molecule has 4 aromatic rings. The maximum absolute atomic E-state index is 12.8. The predicted molar refractivity (Wildman–Crippen MR) is 129 cm³/mol. The normalized spacial score (nSPS) is 15.2. The first-order valence-electron chi connectivity index (χ1n) is 11.2. The molecule has 168 valence electrons. The van der Waals surface area contributed by atoms with E-state index >= 15 is 0 Å². The quantitative estimate of drug-likeness (QED) is 0.386. The van der Waals surface area contributed by atoms with Crippen molar-refractivity contribution in [1.82, 2.24) is 20.1 Å². The van der Waals surface area contributed by atoms with Gasteiger partial charge in [-0.25, -0.2) is 0 Å². The highest BCUT2D eigenvalue weighted by molar-refractivity contribution is 7.99. The number of amides is 1. The zero-order valence-corrected chi connectivity index (χ0v) is 19.3. The Hall–Kier alpha value is -3.32. The third-order valence-electron chi connectivity index (χ3n) is 6.04. The topological polar surface area (TPSA) is 72.9 Å². The molecule has 2 aromatic carbocycles. The Morgan fingerprint density at radius 1 is 1.12 bits per heavy atom. The lowest BCUT2D eigenvalue weighted by atomic mass is 9.88. The molecule has 2 heterocycles. The number of rotatable bonds is 7. The van der Waals surface area contributed by atoms with Crippen LogP contribution in [0.25, 0.3) is 11.4 Å². The molecular weight excluding hydrogens is 432 g/mol. The van der Waals surface area contributed by atoms with E-state index < -0.39 is 0 Å². The first-order valence-corrected chi connectivity index (χ1v) is 12.2. The number of nitrogens with zero attached hydrogens (tertiary/aromatic N) is 3. The molecule has 1 unspecified atom stereocenters. The Labute approximate surface area is 197 Å². The third kappa shape index (κ3) is 4.73. The first-order chi connectivity index (χ1) is 16.2. The zero-order valence-electron chi connectivity index (χ0n) is 18.5. The van der Waals surface area contributed by atoms with Crippen LogP contribution >= 0.6 is 11.8 Å². The minimum Gasteiger partial charge on any atom is -0.469 e. The summed E-state index contributed by atoms with van der Waals surface area (Å²) in [4.78, 5) is 12.8. The van der Waals surface area contributed by atoms with Gasteiger partial charge in [0, 0.05) is 0 Å². The Morgan fingerprint density at radius 3 is 2.76 bits per heavy atom. The van der Waals surface area contributed by atoms with Gasteiger partial charge in [0.15, 0.2) is 11.0 Å². The number of benzene rings is 2. The number of carbonyl (C=O) groups is 1. The molecular formula is C26H26N4O2S. The molecule has 0 radical (unpaired) electrons. The number of thioether (sulfide) groups is 1. The van der Waals surface area contributed by atoms with Gasteiger partial charge in [0.05, 0.1) is 30.2 Å². The van der Waals surface area contributed by atoms with E-state index in [1.807, 2.05) is 37.3 Å². The SMILES string of the molecule is Cc1occc1-c1nnc(SCC(=O)NC2CCCc3ccccc32)n1Cc1ccccc1. The lowest BCUT2D eigenvalue weighted by Crippen LogP contribution is -2.32. The van der Waals surface area contributed by atoms with E-state index in [2.05, 4.69) is 50.4 Å². The molecule has 7 heteroatoms. The summed E-state index contributed by atoms with van der Waals surface area (Å²) in [5, 5.41) is 12.8. The van der Waals surface area contributed by atoms with Crippen molar-refractivity contribution < 1.29 is 9.21 Å². The number of nitrogens with one attached hydrogen (secondary N) is 1. The minimum atomic E-state index is 0.0111. The van der Waals surface area contributed by atoms with Gasteiger partial charge in [0.1, 0.15) is 5.76 Å². The van der Waals surface area contributed by atoms with Gasteiger partial charge < -0.3 is 9.73 Å². The fourth-order valence-corrected chi connectivity index (χ4v) is 5.14. The average molecular weight is 459 g/mol. The Bertz CT molecular complexity index is 1250. The van der Waals surface area contributed by atoms with E-state index in [0.29, 0.717) is 11.7 Å². The largest absolute Gasteiger partial charge is 0.469 e. The summed E-state index contributed by atoms with van der Waals surface area (Å²) < 4.78 is 7.55. The van der Waals surface area contributed by atoms with Crippen molar-refractivity contribution in [2.24, 2.45) is 0 Å². The molecule has 1 aliphatic rings. The van der Waals surface area contributed by atoms with E-state index in [1.165, 1.54) is 22.9 Å². The molecule has 1 N–H and O–H groups in total. The fraction of sp³-hybridized carbons (Fsp3) is 0.269. The van der Waals surface area contributed by atoms with Crippen molar-refractivity contribution in [2.75, 3.05) is 5.75 Å². The van der Waals surface area contributed by atoms with Gasteiger partial charge in [-0.1, -0.05) is 66.4 Å². The third-order valence-corrected chi connectivity index (χ3v) is 7.00. The van der Waals surface area contributed by atoms with E-state index in [4.69, 9.17) is 4.42 Å². The van der Waals surface area contributed by atoms with Gasteiger partial charge >= 0.3 is 0 Å². The van der Waals surface area contributed by atoms with E-state index in [1.54, 1.807) is 6.26 Å². The van der Waals surface area contributed by atoms with Gasteiger partial charge in [-0.3, -0.25) is 9.36 Å². The highest BCUT2D eigenvalue weighted by Gasteiger charge is 2.23. The molecule has 1 amide bonds.